The van der Waals surface area contributed by atoms with Crippen LogP contribution in [0.5, 0.6) is 0 Å². The van der Waals surface area contributed by atoms with Gasteiger partial charge < -0.3 is 9.80 Å². The van der Waals surface area contributed by atoms with Crippen LogP contribution in [0.25, 0.3) is 0 Å². The van der Waals surface area contributed by atoms with Gasteiger partial charge in [-0.15, -0.1) is 10.2 Å². The summed E-state index contributed by atoms with van der Waals surface area (Å²) < 4.78 is 0. The molecular weight excluding hydrogens is 295 g/mol. The third kappa shape index (κ3) is 3.35. The average Bonchev–Trinajstić information content (AvgIpc) is 2.95. The Balaban J connectivity index is 1.56. The van der Waals surface area contributed by atoms with Crippen molar-refractivity contribution in [1.29, 1.82) is 0 Å². The van der Waals surface area contributed by atoms with Gasteiger partial charge in [-0.2, -0.15) is 0 Å². The second kappa shape index (κ2) is 6.46. The molecule has 0 atom stereocenters. The van der Waals surface area contributed by atoms with Crippen molar-refractivity contribution in [2.24, 2.45) is 5.92 Å². The molecule has 1 aromatic rings. The number of likely N-dealkylation sites (tertiary alicyclic amines) is 1. The van der Waals surface area contributed by atoms with Gasteiger partial charge in [-0.05, 0) is 44.7 Å². The fourth-order valence-electron chi connectivity index (χ4n) is 3.25. The maximum atomic E-state index is 6.12. The van der Waals surface area contributed by atoms with Crippen molar-refractivity contribution in [2.75, 3.05) is 37.6 Å². The van der Waals surface area contributed by atoms with Gasteiger partial charge in [0.15, 0.2) is 10.3 Å². The number of rotatable bonds is 3. The number of anilines is 1. The molecule has 110 valence electrons. The lowest BCUT2D eigenvalue weighted by Crippen LogP contribution is -2.38. The Labute approximate surface area is 130 Å². The van der Waals surface area contributed by atoms with Crippen molar-refractivity contribution in [1.82, 2.24) is 15.1 Å². The largest absolute Gasteiger partial charge is 0.369 e. The number of hydrogen-bond donors (Lipinski definition) is 0. The van der Waals surface area contributed by atoms with Crippen LogP contribution in [0.15, 0.2) is 6.07 Å². The number of piperidine rings is 1. The van der Waals surface area contributed by atoms with Gasteiger partial charge in [0.25, 0.3) is 0 Å². The lowest BCUT2D eigenvalue weighted by atomic mass is 9.96. The first-order chi connectivity index (χ1) is 9.72. The zero-order valence-corrected chi connectivity index (χ0v) is 13.1. The van der Waals surface area contributed by atoms with Crippen LogP contribution in [0.4, 0.5) is 5.69 Å². The van der Waals surface area contributed by atoms with Crippen LogP contribution in [-0.2, 0) is 0 Å². The zero-order chi connectivity index (χ0) is 13.9. The van der Waals surface area contributed by atoms with Crippen LogP contribution < -0.4 is 4.90 Å². The predicted octanol–water partition coefficient (Wildman–Crippen LogP) is 3.10. The summed E-state index contributed by atoms with van der Waals surface area (Å²) in [6, 6.07) is 1.82. The van der Waals surface area contributed by atoms with Crippen LogP contribution in [0.3, 0.4) is 0 Å². The molecule has 2 aliphatic heterocycles. The first kappa shape index (κ1) is 14.4. The van der Waals surface area contributed by atoms with Gasteiger partial charge >= 0.3 is 0 Å². The van der Waals surface area contributed by atoms with Gasteiger partial charge in [-0.3, -0.25) is 0 Å². The molecule has 6 heteroatoms. The molecule has 0 bridgehead atoms. The summed E-state index contributed by atoms with van der Waals surface area (Å²) in [7, 11) is 0. The quantitative estimate of drug-likeness (QED) is 0.858. The highest BCUT2D eigenvalue weighted by Crippen LogP contribution is 2.30. The number of nitrogens with zero attached hydrogens (tertiary/aromatic N) is 4. The van der Waals surface area contributed by atoms with Crippen molar-refractivity contribution >= 4 is 28.9 Å². The summed E-state index contributed by atoms with van der Waals surface area (Å²) in [4.78, 5) is 4.89. The SMILES string of the molecule is Clc1cc(N2CCC(CN3CCCC3)CC2)c(Cl)nn1. The summed E-state index contributed by atoms with van der Waals surface area (Å²) in [5.41, 5.74) is 0.922. The smallest absolute Gasteiger partial charge is 0.175 e. The normalized spacial score (nSPS) is 21.6. The Hall–Kier alpha value is -0.580. The summed E-state index contributed by atoms with van der Waals surface area (Å²) in [6.45, 7) is 5.89. The maximum Gasteiger partial charge on any atom is 0.175 e. The fourth-order valence-corrected chi connectivity index (χ4v) is 3.61. The molecule has 1 aromatic heterocycles. The summed E-state index contributed by atoms with van der Waals surface area (Å²) in [5, 5.41) is 8.51. The fraction of sp³-hybridized carbons (Fsp3) is 0.714. The summed E-state index contributed by atoms with van der Waals surface area (Å²) in [5.74, 6) is 0.813. The van der Waals surface area contributed by atoms with Crippen molar-refractivity contribution in [2.45, 2.75) is 25.7 Å². The highest BCUT2D eigenvalue weighted by Gasteiger charge is 2.24. The van der Waals surface area contributed by atoms with Crippen molar-refractivity contribution in [3.8, 4) is 0 Å². The lowest BCUT2D eigenvalue weighted by Gasteiger charge is -2.35. The van der Waals surface area contributed by atoms with Gasteiger partial charge in [0, 0.05) is 25.7 Å². The maximum absolute atomic E-state index is 6.12. The van der Waals surface area contributed by atoms with Gasteiger partial charge in [0.1, 0.15) is 0 Å². The number of aromatic nitrogens is 2. The van der Waals surface area contributed by atoms with E-state index in [1.54, 1.807) is 0 Å². The molecule has 2 fully saturated rings. The standard InChI is InChI=1S/C14H20Cl2N4/c15-13-9-12(14(16)18-17-13)20-7-3-11(4-8-20)10-19-5-1-2-6-19/h9,11H,1-8,10H2. The average molecular weight is 315 g/mol. The second-order valence-electron chi connectivity index (χ2n) is 5.78. The Kier molecular flexibility index (Phi) is 4.64. The Morgan fingerprint density at radius 2 is 1.75 bits per heavy atom. The molecule has 3 heterocycles. The molecule has 2 saturated heterocycles. The molecule has 0 radical (unpaired) electrons. The molecule has 4 nitrogen and oxygen atoms in total. The monoisotopic (exact) mass is 314 g/mol. The van der Waals surface area contributed by atoms with Crippen molar-refractivity contribution in [3.05, 3.63) is 16.4 Å². The first-order valence-electron chi connectivity index (χ1n) is 7.38. The van der Waals surface area contributed by atoms with E-state index in [0.717, 1.165) is 24.7 Å². The Morgan fingerprint density at radius 1 is 1.05 bits per heavy atom. The van der Waals surface area contributed by atoms with Crippen LogP contribution in [0.1, 0.15) is 25.7 Å². The van der Waals surface area contributed by atoms with Gasteiger partial charge in [0.05, 0.1) is 5.69 Å². The molecule has 0 aromatic carbocycles. The van der Waals surface area contributed by atoms with E-state index in [9.17, 15) is 0 Å². The van der Waals surface area contributed by atoms with E-state index in [1.807, 2.05) is 6.07 Å². The molecule has 20 heavy (non-hydrogen) atoms. The molecule has 0 unspecified atom stereocenters. The topological polar surface area (TPSA) is 32.3 Å². The van der Waals surface area contributed by atoms with E-state index in [0.29, 0.717) is 10.3 Å². The van der Waals surface area contributed by atoms with Gasteiger partial charge in [0.2, 0.25) is 0 Å². The highest BCUT2D eigenvalue weighted by molar-refractivity contribution is 6.33. The molecule has 0 aliphatic carbocycles. The number of hydrogen-bond acceptors (Lipinski definition) is 4. The lowest BCUT2D eigenvalue weighted by molar-refractivity contribution is 0.249. The molecule has 0 spiro atoms. The van der Waals surface area contributed by atoms with E-state index in [4.69, 9.17) is 23.2 Å². The van der Waals surface area contributed by atoms with E-state index >= 15 is 0 Å². The molecule has 3 rings (SSSR count). The third-order valence-corrected chi connectivity index (χ3v) is 4.82. The minimum atomic E-state index is 0.406. The number of halogens is 2. The molecule has 2 aliphatic rings. The molecule has 0 amide bonds. The van der Waals surface area contributed by atoms with Crippen LogP contribution >= 0.6 is 23.2 Å². The van der Waals surface area contributed by atoms with Gasteiger partial charge in [-0.1, -0.05) is 23.2 Å². The highest BCUT2D eigenvalue weighted by atomic mass is 35.5. The van der Waals surface area contributed by atoms with Crippen LogP contribution in [-0.4, -0.2) is 47.8 Å². The summed E-state index contributed by atoms with van der Waals surface area (Å²) in [6.07, 6.45) is 5.17. The molecule has 0 N–H and O–H groups in total. The first-order valence-corrected chi connectivity index (χ1v) is 8.14. The third-order valence-electron chi connectivity index (χ3n) is 4.37. The van der Waals surface area contributed by atoms with E-state index in [1.165, 1.54) is 45.3 Å². The Morgan fingerprint density at radius 3 is 2.45 bits per heavy atom. The molecule has 0 saturated carbocycles. The minimum absolute atomic E-state index is 0.406. The minimum Gasteiger partial charge on any atom is -0.369 e. The van der Waals surface area contributed by atoms with E-state index in [-0.39, 0.29) is 0 Å². The zero-order valence-electron chi connectivity index (χ0n) is 11.6. The van der Waals surface area contributed by atoms with E-state index < -0.39 is 0 Å². The second-order valence-corrected chi connectivity index (χ2v) is 6.53. The van der Waals surface area contributed by atoms with E-state index in [2.05, 4.69) is 20.0 Å². The van der Waals surface area contributed by atoms with Crippen molar-refractivity contribution in [3.63, 3.8) is 0 Å². The predicted molar refractivity (Wildman–Crippen MR) is 82.7 cm³/mol. The molecular formula is C14H20Cl2N4. The van der Waals surface area contributed by atoms with Crippen LogP contribution in [0.2, 0.25) is 10.3 Å². The Bertz CT molecular complexity index is 454. The van der Waals surface area contributed by atoms with Crippen molar-refractivity contribution < 1.29 is 0 Å². The van der Waals surface area contributed by atoms with Crippen LogP contribution in [0, 0.1) is 5.92 Å². The summed E-state index contributed by atoms with van der Waals surface area (Å²) >= 11 is 12.0. The van der Waals surface area contributed by atoms with Gasteiger partial charge in [-0.25, -0.2) is 0 Å².